The molecule has 4 heteroatoms. The van der Waals surface area contributed by atoms with Gasteiger partial charge in [-0.05, 0) is 61.9 Å². The van der Waals surface area contributed by atoms with E-state index in [-0.39, 0.29) is 0 Å². The van der Waals surface area contributed by atoms with Gasteiger partial charge in [0.25, 0.3) is 0 Å². The number of rotatable bonds is 0. The third kappa shape index (κ3) is 2.11. The minimum absolute atomic E-state index is 0.576. The van der Waals surface area contributed by atoms with E-state index in [1.165, 1.54) is 42.6 Å². The second-order valence-electron chi connectivity index (χ2n) is 6.80. The van der Waals surface area contributed by atoms with Gasteiger partial charge < -0.3 is 9.88 Å². The lowest BCUT2D eigenvalue weighted by atomic mass is 9.68. The molecule has 0 radical (unpaired) electrons. The Bertz CT molecular complexity index is 706. The minimum Gasteiger partial charge on any atom is -0.358 e. The van der Waals surface area contributed by atoms with E-state index in [4.69, 9.17) is 23.2 Å². The predicted octanol–water partition coefficient (Wildman–Crippen LogP) is 4.70. The first-order chi connectivity index (χ1) is 10.0. The van der Waals surface area contributed by atoms with Crippen LogP contribution in [0.4, 0.5) is 0 Å². The standard InChI is InChI=1S/C17H20Cl2N2/c1-9-12-8-21(2)4-3-10(12)5-16-17(9)11-6-13(18)14(19)7-15(11)20-16/h6-7,9-10,12,20H,3-5,8H2,1-2H3. The number of nitrogens with one attached hydrogen (secondary N) is 1. The van der Waals surface area contributed by atoms with Gasteiger partial charge in [-0.3, -0.25) is 0 Å². The molecule has 1 fully saturated rings. The summed E-state index contributed by atoms with van der Waals surface area (Å²) in [5, 5.41) is 2.55. The maximum atomic E-state index is 6.24. The van der Waals surface area contributed by atoms with Crippen molar-refractivity contribution in [1.82, 2.24) is 9.88 Å². The highest BCUT2D eigenvalue weighted by Gasteiger charge is 2.39. The Morgan fingerprint density at radius 1 is 1.24 bits per heavy atom. The molecule has 1 N–H and O–H groups in total. The van der Waals surface area contributed by atoms with Crippen molar-refractivity contribution in [3.8, 4) is 0 Å². The molecule has 1 aromatic heterocycles. The molecule has 0 saturated carbocycles. The average molecular weight is 323 g/mol. The number of nitrogens with zero attached hydrogens (tertiary/aromatic N) is 1. The molecule has 0 bridgehead atoms. The van der Waals surface area contributed by atoms with Gasteiger partial charge in [0.2, 0.25) is 0 Å². The fourth-order valence-corrected chi connectivity index (χ4v) is 4.77. The van der Waals surface area contributed by atoms with Crippen molar-refractivity contribution in [1.29, 1.82) is 0 Å². The third-order valence-electron chi connectivity index (χ3n) is 5.53. The molecule has 3 atom stereocenters. The van der Waals surface area contributed by atoms with Gasteiger partial charge >= 0.3 is 0 Å². The van der Waals surface area contributed by atoms with Gasteiger partial charge in [-0.15, -0.1) is 0 Å². The Balaban J connectivity index is 1.86. The van der Waals surface area contributed by atoms with Gasteiger partial charge in [0, 0.05) is 23.1 Å². The Hall–Kier alpha value is -0.700. The van der Waals surface area contributed by atoms with Crippen LogP contribution in [0.3, 0.4) is 0 Å². The Morgan fingerprint density at radius 3 is 2.81 bits per heavy atom. The molecule has 112 valence electrons. The van der Waals surface area contributed by atoms with Gasteiger partial charge in [-0.1, -0.05) is 30.1 Å². The summed E-state index contributed by atoms with van der Waals surface area (Å²) < 4.78 is 0. The highest BCUT2D eigenvalue weighted by Crippen LogP contribution is 2.46. The van der Waals surface area contributed by atoms with Crippen LogP contribution >= 0.6 is 23.2 Å². The zero-order valence-electron chi connectivity index (χ0n) is 12.4. The van der Waals surface area contributed by atoms with Crippen LogP contribution in [0, 0.1) is 11.8 Å². The number of hydrogen-bond donors (Lipinski definition) is 1. The van der Waals surface area contributed by atoms with Gasteiger partial charge in [-0.2, -0.15) is 0 Å². The molecular formula is C17H20Cl2N2. The first kappa shape index (κ1) is 13.9. The molecule has 4 rings (SSSR count). The Morgan fingerprint density at radius 2 is 2.00 bits per heavy atom. The number of likely N-dealkylation sites (tertiary alicyclic amines) is 1. The molecule has 2 nitrogen and oxygen atoms in total. The van der Waals surface area contributed by atoms with Gasteiger partial charge in [0.05, 0.1) is 10.0 Å². The summed E-state index contributed by atoms with van der Waals surface area (Å²) in [7, 11) is 2.24. The van der Waals surface area contributed by atoms with Crippen molar-refractivity contribution >= 4 is 34.1 Å². The van der Waals surface area contributed by atoms with Crippen molar-refractivity contribution in [2.75, 3.05) is 20.1 Å². The normalized spacial score (nSPS) is 29.4. The van der Waals surface area contributed by atoms with Gasteiger partial charge in [0.1, 0.15) is 0 Å². The smallest absolute Gasteiger partial charge is 0.0613 e. The van der Waals surface area contributed by atoms with Crippen LogP contribution in [0.1, 0.15) is 30.5 Å². The summed E-state index contributed by atoms with van der Waals surface area (Å²) in [5.41, 5.74) is 4.01. The molecule has 2 aromatic rings. The average Bonchev–Trinajstić information content (AvgIpc) is 2.78. The Labute approximate surface area is 135 Å². The van der Waals surface area contributed by atoms with Crippen molar-refractivity contribution in [2.45, 2.75) is 25.7 Å². The summed E-state index contributed by atoms with van der Waals surface area (Å²) >= 11 is 12.4. The minimum atomic E-state index is 0.576. The highest BCUT2D eigenvalue weighted by atomic mass is 35.5. The molecule has 21 heavy (non-hydrogen) atoms. The number of hydrogen-bond acceptors (Lipinski definition) is 1. The van der Waals surface area contributed by atoms with Crippen molar-refractivity contribution < 1.29 is 0 Å². The molecule has 1 aliphatic heterocycles. The van der Waals surface area contributed by atoms with E-state index in [0.717, 1.165) is 17.4 Å². The molecule has 1 saturated heterocycles. The number of benzene rings is 1. The van der Waals surface area contributed by atoms with E-state index < -0.39 is 0 Å². The van der Waals surface area contributed by atoms with Gasteiger partial charge in [-0.25, -0.2) is 0 Å². The summed E-state index contributed by atoms with van der Waals surface area (Å²) in [4.78, 5) is 6.08. The topological polar surface area (TPSA) is 19.0 Å². The molecular weight excluding hydrogens is 303 g/mol. The van der Waals surface area contributed by atoms with Crippen LogP contribution in [-0.2, 0) is 6.42 Å². The fraction of sp³-hybridized carbons (Fsp3) is 0.529. The molecule has 2 aliphatic rings. The van der Waals surface area contributed by atoms with Crippen LogP contribution in [0.5, 0.6) is 0 Å². The monoisotopic (exact) mass is 322 g/mol. The maximum absolute atomic E-state index is 6.24. The number of piperidine rings is 1. The maximum Gasteiger partial charge on any atom is 0.0613 e. The van der Waals surface area contributed by atoms with E-state index in [0.29, 0.717) is 16.0 Å². The Kier molecular flexibility index (Phi) is 3.25. The van der Waals surface area contributed by atoms with E-state index in [9.17, 15) is 0 Å². The van der Waals surface area contributed by atoms with Crippen molar-refractivity contribution in [3.05, 3.63) is 33.4 Å². The quantitative estimate of drug-likeness (QED) is 0.744. The summed E-state index contributed by atoms with van der Waals surface area (Å²) in [6.45, 7) is 4.81. The SMILES string of the molecule is CC1c2c([nH]c3cc(Cl)c(Cl)cc23)CC2CCN(C)CC21. The second-order valence-corrected chi connectivity index (χ2v) is 7.61. The number of aromatic amines is 1. The zero-order valence-corrected chi connectivity index (χ0v) is 13.9. The molecule has 0 amide bonds. The molecule has 1 aliphatic carbocycles. The number of aromatic nitrogens is 1. The predicted molar refractivity (Wildman–Crippen MR) is 89.5 cm³/mol. The first-order valence-electron chi connectivity index (χ1n) is 7.72. The third-order valence-corrected chi connectivity index (χ3v) is 6.26. The van der Waals surface area contributed by atoms with Crippen LogP contribution in [0.2, 0.25) is 10.0 Å². The van der Waals surface area contributed by atoms with Crippen LogP contribution < -0.4 is 0 Å². The van der Waals surface area contributed by atoms with Gasteiger partial charge in [0.15, 0.2) is 0 Å². The lowest BCUT2D eigenvalue weighted by Crippen LogP contribution is -2.43. The van der Waals surface area contributed by atoms with Crippen LogP contribution in [-0.4, -0.2) is 30.0 Å². The van der Waals surface area contributed by atoms with Crippen molar-refractivity contribution in [3.63, 3.8) is 0 Å². The lowest BCUT2D eigenvalue weighted by Gasteiger charge is -2.43. The summed E-state index contributed by atoms with van der Waals surface area (Å²) in [5.74, 6) is 2.14. The van der Waals surface area contributed by atoms with E-state index in [1.807, 2.05) is 12.1 Å². The second kappa shape index (κ2) is 4.91. The van der Waals surface area contributed by atoms with E-state index >= 15 is 0 Å². The molecule has 1 aromatic carbocycles. The van der Waals surface area contributed by atoms with Crippen molar-refractivity contribution in [2.24, 2.45) is 11.8 Å². The van der Waals surface area contributed by atoms with E-state index in [2.05, 4.69) is 23.9 Å². The summed E-state index contributed by atoms with van der Waals surface area (Å²) in [6, 6.07) is 4.01. The lowest BCUT2D eigenvalue weighted by molar-refractivity contribution is 0.116. The van der Waals surface area contributed by atoms with Crippen LogP contribution in [0.15, 0.2) is 12.1 Å². The summed E-state index contributed by atoms with van der Waals surface area (Å²) in [6.07, 6.45) is 2.48. The molecule has 2 heterocycles. The number of H-pyrrole nitrogens is 1. The first-order valence-corrected chi connectivity index (χ1v) is 8.48. The highest BCUT2D eigenvalue weighted by molar-refractivity contribution is 6.42. The molecule has 3 unspecified atom stereocenters. The van der Waals surface area contributed by atoms with E-state index in [1.54, 1.807) is 0 Å². The molecule has 0 spiro atoms. The number of halogens is 2. The number of fused-ring (bicyclic) bond motifs is 4. The zero-order chi connectivity index (χ0) is 14.7. The fourth-order valence-electron chi connectivity index (χ4n) is 4.44. The largest absolute Gasteiger partial charge is 0.358 e. The van der Waals surface area contributed by atoms with Crippen LogP contribution in [0.25, 0.3) is 10.9 Å².